The van der Waals surface area contributed by atoms with Gasteiger partial charge in [0, 0.05) is 0 Å². The number of rotatable bonds is 3. The number of hydrogen-bond acceptors (Lipinski definition) is 3. The van der Waals surface area contributed by atoms with Crippen molar-refractivity contribution in [3.63, 3.8) is 0 Å². The summed E-state index contributed by atoms with van der Waals surface area (Å²) in [6, 6.07) is 0.0103. The van der Waals surface area contributed by atoms with Crippen LogP contribution in [-0.4, -0.2) is 12.0 Å². The predicted molar refractivity (Wildman–Crippen MR) is 48.1 cm³/mol. The predicted octanol–water partition coefficient (Wildman–Crippen LogP) is 2.16. The molecule has 1 aromatic heterocycles. The van der Waals surface area contributed by atoms with Crippen molar-refractivity contribution in [1.82, 2.24) is 10.3 Å². The zero-order chi connectivity index (χ0) is 10.1. The number of nitrogens with zero attached hydrogens (tertiary/aromatic N) is 1. The van der Waals surface area contributed by atoms with E-state index in [0.717, 1.165) is 0 Å². The van der Waals surface area contributed by atoms with Gasteiger partial charge in [-0.15, -0.1) is 0 Å². The molecule has 1 aromatic rings. The van der Waals surface area contributed by atoms with Crippen molar-refractivity contribution >= 4 is 0 Å². The lowest BCUT2D eigenvalue weighted by Crippen LogP contribution is -2.12. The molecule has 0 saturated heterocycles. The molecule has 1 atom stereocenters. The first-order valence-electron chi connectivity index (χ1n) is 4.27. The Balaban J connectivity index is 2.87. The second kappa shape index (κ2) is 3.46. The lowest BCUT2D eigenvalue weighted by atomic mass is 10.1. The van der Waals surface area contributed by atoms with Crippen molar-refractivity contribution in [2.45, 2.75) is 32.5 Å². The first-order valence-corrected chi connectivity index (χ1v) is 4.27. The summed E-state index contributed by atoms with van der Waals surface area (Å²) >= 11 is 0. The molecular formula is C9H15FN2O. The van der Waals surface area contributed by atoms with Crippen LogP contribution in [0.5, 0.6) is 0 Å². The van der Waals surface area contributed by atoms with E-state index in [2.05, 4.69) is 10.3 Å². The third-order valence-electron chi connectivity index (χ3n) is 1.91. The van der Waals surface area contributed by atoms with E-state index in [9.17, 15) is 4.39 Å². The Kier molecular flexibility index (Phi) is 2.71. The van der Waals surface area contributed by atoms with Crippen molar-refractivity contribution in [3.8, 4) is 0 Å². The molecule has 74 valence electrons. The second-order valence-corrected chi connectivity index (χ2v) is 3.55. The SMILES string of the molecule is CNC(C)c1ncc(C(C)(C)F)o1. The number of halogens is 1. The minimum Gasteiger partial charge on any atom is -0.441 e. The summed E-state index contributed by atoms with van der Waals surface area (Å²) < 4.78 is 18.6. The lowest BCUT2D eigenvalue weighted by Gasteiger charge is -2.09. The van der Waals surface area contributed by atoms with Crippen molar-refractivity contribution in [1.29, 1.82) is 0 Å². The lowest BCUT2D eigenvalue weighted by molar-refractivity contribution is 0.173. The van der Waals surface area contributed by atoms with Crippen LogP contribution >= 0.6 is 0 Å². The number of oxazole rings is 1. The fourth-order valence-electron chi connectivity index (χ4n) is 0.886. The fraction of sp³-hybridized carbons (Fsp3) is 0.667. The Bertz CT molecular complexity index is 277. The first-order chi connectivity index (χ1) is 5.95. The quantitative estimate of drug-likeness (QED) is 0.786. The highest BCUT2D eigenvalue weighted by Crippen LogP contribution is 2.26. The van der Waals surface area contributed by atoms with Crippen LogP contribution in [-0.2, 0) is 5.67 Å². The van der Waals surface area contributed by atoms with Gasteiger partial charge in [-0.1, -0.05) is 0 Å². The Labute approximate surface area is 77.4 Å². The molecule has 13 heavy (non-hydrogen) atoms. The molecule has 1 heterocycles. The summed E-state index contributed by atoms with van der Waals surface area (Å²) in [6.07, 6.45) is 1.43. The second-order valence-electron chi connectivity index (χ2n) is 3.55. The van der Waals surface area contributed by atoms with Crippen molar-refractivity contribution in [2.75, 3.05) is 7.05 Å². The molecule has 0 fully saturated rings. The van der Waals surface area contributed by atoms with Crippen molar-refractivity contribution in [2.24, 2.45) is 0 Å². The highest BCUT2D eigenvalue weighted by atomic mass is 19.1. The molecule has 0 saturated carbocycles. The summed E-state index contributed by atoms with van der Waals surface area (Å²) in [6.45, 7) is 4.80. The zero-order valence-corrected chi connectivity index (χ0v) is 8.39. The summed E-state index contributed by atoms with van der Waals surface area (Å²) in [5.41, 5.74) is -1.46. The van der Waals surface area contributed by atoms with Crippen LogP contribution in [0.3, 0.4) is 0 Å². The molecule has 0 aliphatic carbocycles. The van der Waals surface area contributed by atoms with Gasteiger partial charge in [0.2, 0.25) is 5.89 Å². The van der Waals surface area contributed by atoms with Crippen LogP contribution in [0.4, 0.5) is 4.39 Å². The van der Waals surface area contributed by atoms with Crippen molar-refractivity contribution in [3.05, 3.63) is 17.8 Å². The third-order valence-corrected chi connectivity index (χ3v) is 1.91. The van der Waals surface area contributed by atoms with Gasteiger partial charge < -0.3 is 9.73 Å². The van der Waals surface area contributed by atoms with E-state index in [4.69, 9.17) is 4.42 Å². The highest BCUT2D eigenvalue weighted by Gasteiger charge is 2.24. The monoisotopic (exact) mass is 186 g/mol. The molecule has 4 heteroatoms. The maximum Gasteiger partial charge on any atom is 0.211 e. The molecule has 0 spiro atoms. The Morgan fingerprint density at radius 1 is 1.62 bits per heavy atom. The number of alkyl halides is 1. The largest absolute Gasteiger partial charge is 0.441 e. The molecule has 0 amide bonds. The summed E-state index contributed by atoms with van der Waals surface area (Å²) in [4.78, 5) is 3.98. The Morgan fingerprint density at radius 3 is 2.62 bits per heavy atom. The maximum absolute atomic E-state index is 13.3. The van der Waals surface area contributed by atoms with Crippen LogP contribution in [0, 0.1) is 0 Å². The summed E-state index contributed by atoms with van der Waals surface area (Å²) in [5.74, 6) is 0.785. The topological polar surface area (TPSA) is 38.1 Å². The van der Waals surface area contributed by atoms with Gasteiger partial charge in [-0.05, 0) is 27.8 Å². The van der Waals surface area contributed by atoms with Gasteiger partial charge in [-0.25, -0.2) is 9.37 Å². The highest BCUT2D eigenvalue weighted by molar-refractivity contribution is 5.04. The fourth-order valence-corrected chi connectivity index (χ4v) is 0.886. The molecule has 3 nitrogen and oxygen atoms in total. The van der Waals surface area contributed by atoms with Crippen LogP contribution in [0.15, 0.2) is 10.6 Å². The first kappa shape index (κ1) is 10.2. The number of nitrogens with one attached hydrogen (secondary N) is 1. The third kappa shape index (κ3) is 2.28. The van der Waals surface area contributed by atoms with E-state index in [0.29, 0.717) is 5.89 Å². The average Bonchev–Trinajstić information content (AvgIpc) is 2.50. The molecule has 0 aliphatic heterocycles. The van der Waals surface area contributed by atoms with Gasteiger partial charge in [-0.3, -0.25) is 0 Å². The Hall–Kier alpha value is -0.900. The molecule has 1 N–H and O–H groups in total. The van der Waals surface area contributed by atoms with Crippen LogP contribution < -0.4 is 5.32 Å². The van der Waals surface area contributed by atoms with Crippen molar-refractivity contribution < 1.29 is 8.81 Å². The summed E-state index contributed by atoms with van der Waals surface area (Å²) in [7, 11) is 1.80. The van der Waals surface area contributed by atoms with E-state index in [1.807, 2.05) is 6.92 Å². The maximum atomic E-state index is 13.3. The van der Waals surface area contributed by atoms with E-state index >= 15 is 0 Å². The average molecular weight is 186 g/mol. The number of hydrogen-bond donors (Lipinski definition) is 1. The molecule has 0 aliphatic rings. The molecule has 1 unspecified atom stereocenters. The van der Waals surface area contributed by atoms with Crippen LogP contribution in [0.25, 0.3) is 0 Å². The number of aromatic nitrogens is 1. The molecule has 1 rings (SSSR count). The van der Waals surface area contributed by atoms with E-state index in [1.54, 1.807) is 7.05 Å². The molecule has 0 radical (unpaired) electrons. The standard InChI is InChI=1S/C9H15FN2O/c1-6(11-4)8-12-5-7(13-8)9(2,3)10/h5-6,11H,1-4H3. The van der Waals surface area contributed by atoms with Gasteiger partial charge in [0.1, 0.15) is 0 Å². The molecular weight excluding hydrogens is 171 g/mol. The molecule has 0 bridgehead atoms. The van der Waals surface area contributed by atoms with Gasteiger partial charge in [0.25, 0.3) is 0 Å². The van der Waals surface area contributed by atoms with Crippen LogP contribution in [0.1, 0.15) is 38.5 Å². The van der Waals surface area contributed by atoms with Gasteiger partial charge in [-0.2, -0.15) is 0 Å². The molecule has 0 aromatic carbocycles. The Morgan fingerprint density at radius 2 is 2.23 bits per heavy atom. The summed E-state index contributed by atoms with van der Waals surface area (Å²) in [5, 5.41) is 2.97. The van der Waals surface area contributed by atoms with Gasteiger partial charge >= 0.3 is 0 Å². The smallest absolute Gasteiger partial charge is 0.211 e. The van der Waals surface area contributed by atoms with E-state index in [-0.39, 0.29) is 11.8 Å². The minimum atomic E-state index is -1.46. The zero-order valence-electron chi connectivity index (χ0n) is 8.39. The normalized spacial score (nSPS) is 14.5. The van der Waals surface area contributed by atoms with E-state index in [1.165, 1.54) is 20.0 Å². The van der Waals surface area contributed by atoms with Gasteiger partial charge in [0.05, 0.1) is 12.2 Å². The van der Waals surface area contributed by atoms with Crippen LogP contribution in [0.2, 0.25) is 0 Å². The van der Waals surface area contributed by atoms with Gasteiger partial charge in [0.15, 0.2) is 11.4 Å². The van der Waals surface area contributed by atoms with E-state index < -0.39 is 5.67 Å². The minimum absolute atomic E-state index is 0.0103.